The van der Waals surface area contributed by atoms with Gasteiger partial charge in [0.15, 0.2) is 0 Å². The Morgan fingerprint density at radius 2 is 1.96 bits per heavy atom. The normalized spacial score (nSPS) is 11.6. The minimum atomic E-state index is -0.0105. The standard InChI is InChI=1S/C19H22N2O2.C4H10/c1-5-7-8-16(6-2)11-12-21-13-17(9-10-18(21)22)19-14(3)20-23-15(19)4;1-4(2)3/h5-10,13H,1,11-12H2,2-4H3;4H,1-3H3/b8-7-,16-6+;. The van der Waals surface area contributed by atoms with E-state index in [-0.39, 0.29) is 5.56 Å². The second-order valence-electron chi connectivity index (χ2n) is 7.09. The molecule has 0 aliphatic carbocycles. The first-order valence-electron chi connectivity index (χ1n) is 9.38. The molecular formula is C23H32N2O2. The van der Waals surface area contributed by atoms with Crippen molar-refractivity contribution < 1.29 is 4.52 Å². The molecule has 0 atom stereocenters. The van der Waals surface area contributed by atoms with Crippen molar-refractivity contribution in [3.8, 4) is 11.1 Å². The zero-order valence-corrected chi connectivity index (χ0v) is 17.5. The van der Waals surface area contributed by atoms with Crippen LogP contribution in [0.1, 0.15) is 45.6 Å². The molecule has 0 fully saturated rings. The zero-order chi connectivity index (χ0) is 20.4. The molecule has 0 spiro atoms. The van der Waals surface area contributed by atoms with Crippen molar-refractivity contribution in [1.82, 2.24) is 9.72 Å². The van der Waals surface area contributed by atoms with E-state index in [1.165, 1.54) is 5.57 Å². The number of aromatic nitrogens is 2. The molecule has 2 rings (SSSR count). The van der Waals surface area contributed by atoms with Gasteiger partial charge in [0.25, 0.3) is 5.56 Å². The summed E-state index contributed by atoms with van der Waals surface area (Å²) in [6.07, 6.45) is 10.4. The Morgan fingerprint density at radius 3 is 2.48 bits per heavy atom. The molecule has 0 aliphatic rings. The lowest BCUT2D eigenvalue weighted by Gasteiger charge is -2.09. The van der Waals surface area contributed by atoms with Crippen LogP contribution in [0.25, 0.3) is 11.1 Å². The number of allylic oxidation sites excluding steroid dienone is 5. The SMILES string of the molecule is C=C/C=C\C(=C/C)CCn1cc(-c2c(C)noc2C)ccc1=O.CC(C)C. The first-order valence-corrected chi connectivity index (χ1v) is 9.38. The van der Waals surface area contributed by atoms with Gasteiger partial charge in [0, 0.05) is 29.9 Å². The summed E-state index contributed by atoms with van der Waals surface area (Å²) in [5.41, 5.74) is 3.89. The van der Waals surface area contributed by atoms with E-state index >= 15 is 0 Å². The average molecular weight is 369 g/mol. The van der Waals surface area contributed by atoms with E-state index in [0.717, 1.165) is 34.9 Å². The molecule has 0 aliphatic heterocycles. The van der Waals surface area contributed by atoms with Crippen LogP contribution < -0.4 is 5.56 Å². The Bertz CT molecular complexity index is 829. The van der Waals surface area contributed by atoms with Gasteiger partial charge in [0.1, 0.15) is 5.76 Å². The molecule has 2 aromatic heterocycles. The van der Waals surface area contributed by atoms with Crippen LogP contribution in [0.3, 0.4) is 0 Å². The Hall–Kier alpha value is -2.62. The van der Waals surface area contributed by atoms with E-state index in [0.29, 0.717) is 6.54 Å². The van der Waals surface area contributed by atoms with Crippen LogP contribution in [0.4, 0.5) is 0 Å². The van der Waals surface area contributed by atoms with E-state index in [2.05, 4.69) is 32.5 Å². The average Bonchev–Trinajstić information content (AvgIpc) is 2.95. The lowest BCUT2D eigenvalue weighted by molar-refractivity contribution is 0.393. The van der Waals surface area contributed by atoms with Gasteiger partial charge in [0.2, 0.25) is 0 Å². The molecule has 2 heterocycles. The number of aryl methyl sites for hydroxylation is 3. The first kappa shape index (κ1) is 22.4. The third-order valence-corrected chi connectivity index (χ3v) is 3.76. The summed E-state index contributed by atoms with van der Waals surface area (Å²) in [6, 6.07) is 3.41. The first-order chi connectivity index (χ1) is 12.8. The lowest BCUT2D eigenvalue weighted by atomic mass is 10.1. The monoisotopic (exact) mass is 368 g/mol. The summed E-state index contributed by atoms with van der Waals surface area (Å²) < 4.78 is 6.94. The van der Waals surface area contributed by atoms with Gasteiger partial charge in [-0.25, -0.2) is 0 Å². The largest absolute Gasteiger partial charge is 0.361 e. The van der Waals surface area contributed by atoms with Gasteiger partial charge >= 0.3 is 0 Å². The molecule has 0 saturated carbocycles. The molecule has 4 nitrogen and oxygen atoms in total. The third-order valence-electron chi connectivity index (χ3n) is 3.76. The molecule has 27 heavy (non-hydrogen) atoms. The molecule has 0 radical (unpaired) electrons. The molecule has 0 bridgehead atoms. The summed E-state index contributed by atoms with van der Waals surface area (Å²) >= 11 is 0. The van der Waals surface area contributed by atoms with Crippen LogP contribution >= 0.6 is 0 Å². The maximum Gasteiger partial charge on any atom is 0.250 e. The number of hydrogen-bond acceptors (Lipinski definition) is 3. The quantitative estimate of drug-likeness (QED) is 0.600. The summed E-state index contributed by atoms with van der Waals surface area (Å²) in [5, 5.41) is 3.98. The van der Waals surface area contributed by atoms with Gasteiger partial charge in [-0.05, 0) is 39.2 Å². The zero-order valence-electron chi connectivity index (χ0n) is 17.5. The molecule has 0 saturated heterocycles. The molecule has 0 amide bonds. The lowest BCUT2D eigenvalue weighted by Crippen LogP contribution is -2.18. The molecule has 146 valence electrons. The van der Waals surface area contributed by atoms with Gasteiger partial charge < -0.3 is 9.09 Å². The van der Waals surface area contributed by atoms with Crippen LogP contribution in [0.5, 0.6) is 0 Å². The van der Waals surface area contributed by atoms with Crippen molar-refractivity contribution in [3.63, 3.8) is 0 Å². The van der Waals surface area contributed by atoms with Gasteiger partial charge in [-0.3, -0.25) is 4.79 Å². The number of rotatable bonds is 6. The van der Waals surface area contributed by atoms with Gasteiger partial charge in [-0.2, -0.15) is 0 Å². The molecule has 4 heteroatoms. The smallest absolute Gasteiger partial charge is 0.250 e. The predicted octanol–water partition coefficient (Wildman–Crippen LogP) is 5.86. The fourth-order valence-electron chi connectivity index (χ4n) is 2.51. The Balaban J connectivity index is 0.000000828. The van der Waals surface area contributed by atoms with Gasteiger partial charge in [-0.1, -0.05) is 62.4 Å². The maximum absolute atomic E-state index is 12.1. The van der Waals surface area contributed by atoms with Gasteiger partial charge in [-0.15, -0.1) is 0 Å². The van der Waals surface area contributed by atoms with Crippen LogP contribution in [0, 0.1) is 19.8 Å². The third kappa shape index (κ3) is 7.26. The predicted molar refractivity (Wildman–Crippen MR) is 114 cm³/mol. The highest BCUT2D eigenvalue weighted by Crippen LogP contribution is 2.25. The van der Waals surface area contributed by atoms with E-state index < -0.39 is 0 Å². The second kappa shape index (κ2) is 11.2. The van der Waals surface area contributed by atoms with Gasteiger partial charge in [0.05, 0.1) is 5.69 Å². The minimum Gasteiger partial charge on any atom is -0.361 e. The van der Waals surface area contributed by atoms with Crippen molar-refractivity contribution in [2.75, 3.05) is 0 Å². The van der Waals surface area contributed by atoms with Crippen molar-refractivity contribution in [2.24, 2.45) is 5.92 Å². The van der Waals surface area contributed by atoms with Crippen molar-refractivity contribution >= 4 is 0 Å². The van der Waals surface area contributed by atoms with Crippen molar-refractivity contribution in [2.45, 2.75) is 54.5 Å². The van der Waals surface area contributed by atoms with Crippen LogP contribution in [-0.2, 0) is 6.54 Å². The summed E-state index contributed by atoms with van der Waals surface area (Å²) in [6.45, 7) is 16.6. The highest BCUT2D eigenvalue weighted by molar-refractivity contribution is 5.66. The number of nitrogens with zero attached hydrogens (tertiary/aromatic N) is 2. The molecule has 0 N–H and O–H groups in total. The Labute approximate surface area is 162 Å². The molecule has 2 aromatic rings. The molecule has 0 unspecified atom stereocenters. The maximum atomic E-state index is 12.1. The fourth-order valence-corrected chi connectivity index (χ4v) is 2.51. The minimum absolute atomic E-state index is 0.0105. The molecule has 0 aromatic carbocycles. The van der Waals surface area contributed by atoms with Crippen LogP contribution in [-0.4, -0.2) is 9.72 Å². The van der Waals surface area contributed by atoms with Crippen LogP contribution in [0.2, 0.25) is 0 Å². The van der Waals surface area contributed by atoms with E-state index in [1.807, 2.05) is 51.3 Å². The van der Waals surface area contributed by atoms with E-state index in [1.54, 1.807) is 16.7 Å². The second-order valence-corrected chi connectivity index (χ2v) is 7.09. The van der Waals surface area contributed by atoms with Crippen LogP contribution in [0.15, 0.2) is 64.1 Å². The Kier molecular flexibility index (Phi) is 9.27. The summed E-state index contributed by atoms with van der Waals surface area (Å²) in [4.78, 5) is 12.1. The topological polar surface area (TPSA) is 48.0 Å². The Morgan fingerprint density at radius 1 is 1.30 bits per heavy atom. The van der Waals surface area contributed by atoms with Crippen molar-refractivity contribution in [3.05, 3.63) is 76.6 Å². The van der Waals surface area contributed by atoms with Crippen molar-refractivity contribution in [1.29, 1.82) is 0 Å². The molecular weight excluding hydrogens is 336 g/mol. The van der Waals surface area contributed by atoms with E-state index in [4.69, 9.17) is 4.52 Å². The number of pyridine rings is 1. The highest BCUT2D eigenvalue weighted by Gasteiger charge is 2.12. The summed E-state index contributed by atoms with van der Waals surface area (Å²) in [5.74, 6) is 1.59. The van der Waals surface area contributed by atoms with E-state index in [9.17, 15) is 4.79 Å². The summed E-state index contributed by atoms with van der Waals surface area (Å²) in [7, 11) is 0. The fraction of sp³-hybridized carbons (Fsp3) is 0.391. The number of hydrogen-bond donors (Lipinski definition) is 0. The highest BCUT2D eigenvalue weighted by atomic mass is 16.5.